The van der Waals surface area contributed by atoms with Crippen molar-refractivity contribution in [3.05, 3.63) is 48.2 Å². The molecule has 1 aliphatic heterocycles. The molecule has 0 saturated carbocycles. The number of likely N-dealkylation sites (N-methyl/N-ethyl adjacent to an activating group) is 1. The molecule has 0 saturated heterocycles. The number of carbonyl (C=O) groups excluding carboxylic acids is 1. The zero-order valence-corrected chi connectivity index (χ0v) is 14.3. The van der Waals surface area contributed by atoms with E-state index in [2.05, 4.69) is 20.4 Å². The molecule has 8 heteroatoms. The quantitative estimate of drug-likeness (QED) is 0.888. The van der Waals surface area contributed by atoms with Crippen molar-refractivity contribution in [3.63, 3.8) is 0 Å². The average molecular weight is 339 g/mol. The maximum absolute atomic E-state index is 12.3. The standard InChI is InChI=1S/C17H21N7O/c1-22(2)9-7-20-17(25)23-8-3-4-15(23)10-14-11-21-24(13-14)16-12-18-5-6-19-16/h3-6,8,10-12H,7,9,13H2,1-2H3,(H,20,25)/b14-10+. The molecule has 1 aliphatic rings. The Kier molecular flexibility index (Phi) is 5.20. The molecule has 25 heavy (non-hydrogen) atoms. The monoisotopic (exact) mass is 339 g/mol. The maximum atomic E-state index is 12.3. The highest BCUT2D eigenvalue weighted by atomic mass is 16.2. The maximum Gasteiger partial charge on any atom is 0.326 e. The first-order chi connectivity index (χ1) is 12.1. The summed E-state index contributed by atoms with van der Waals surface area (Å²) in [5.74, 6) is 0.693. The molecule has 0 aliphatic carbocycles. The van der Waals surface area contributed by atoms with Crippen molar-refractivity contribution < 1.29 is 4.79 Å². The molecule has 0 bridgehead atoms. The van der Waals surface area contributed by atoms with Crippen molar-refractivity contribution in [2.75, 3.05) is 38.7 Å². The third kappa shape index (κ3) is 4.30. The number of aromatic nitrogens is 3. The van der Waals surface area contributed by atoms with E-state index in [1.807, 2.05) is 37.2 Å². The Morgan fingerprint density at radius 2 is 2.28 bits per heavy atom. The van der Waals surface area contributed by atoms with Gasteiger partial charge in [0.1, 0.15) is 0 Å². The van der Waals surface area contributed by atoms with E-state index >= 15 is 0 Å². The molecule has 8 nitrogen and oxygen atoms in total. The lowest BCUT2D eigenvalue weighted by Gasteiger charge is -2.12. The van der Waals surface area contributed by atoms with Gasteiger partial charge in [-0.2, -0.15) is 5.10 Å². The SMILES string of the molecule is CN(C)CCNC(=O)n1cccc1/C=C1\C=NN(c2cnccn2)C1. The Bertz CT molecular complexity index is 779. The van der Waals surface area contributed by atoms with E-state index in [4.69, 9.17) is 0 Å². The minimum Gasteiger partial charge on any atom is -0.336 e. The third-order valence-electron chi connectivity index (χ3n) is 3.68. The van der Waals surface area contributed by atoms with Gasteiger partial charge in [0.25, 0.3) is 0 Å². The van der Waals surface area contributed by atoms with Crippen molar-refractivity contribution in [2.24, 2.45) is 5.10 Å². The molecule has 0 unspecified atom stereocenters. The van der Waals surface area contributed by atoms with E-state index in [-0.39, 0.29) is 6.03 Å². The van der Waals surface area contributed by atoms with Crippen molar-refractivity contribution in [1.29, 1.82) is 0 Å². The Hall–Kier alpha value is -3.00. The summed E-state index contributed by atoms with van der Waals surface area (Å²) in [4.78, 5) is 22.6. The van der Waals surface area contributed by atoms with Gasteiger partial charge in [-0.05, 0) is 37.9 Å². The summed E-state index contributed by atoms with van der Waals surface area (Å²) >= 11 is 0. The van der Waals surface area contributed by atoms with E-state index in [9.17, 15) is 4.79 Å². The zero-order valence-electron chi connectivity index (χ0n) is 14.3. The lowest BCUT2D eigenvalue weighted by Crippen LogP contribution is -2.34. The summed E-state index contributed by atoms with van der Waals surface area (Å²) in [6.45, 7) is 1.98. The van der Waals surface area contributed by atoms with Crippen LogP contribution in [0.1, 0.15) is 5.69 Å². The molecule has 0 spiro atoms. The van der Waals surface area contributed by atoms with Gasteiger partial charge in [-0.15, -0.1) is 0 Å². The van der Waals surface area contributed by atoms with Gasteiger partial charge in [-0.25, -0.2) is 14.8 Å². The van der Waals surface area contributed by atoms with Crippen LogP contribution in [0.4, 0.5) is 10.6 Å². The molecule has 1 amide bonds. The fourth-order valence-corrected chi connectivity index (χ4v) is 2.40. The van der Waals surface area contributed by atoms with Crippen molar-refractivity contribution in [1.82, 2.24) is 24.8 Å². The molecule has 0 radical (unpaired) electrons. The second kappa shape index (κ2) is 7.71. The van der Waals surface area contributed by atoms with Gasteiger partial charge >= 0.3 is 6.03 Å². The Labute approximate surface area is 146 Å². The molecule has 1 N–H and O–H groups in total. The molecule has 0 fully saturated rings. The summed E-state index contributed by atoms with van der Waals surface area (Å²) in [5.41, 5.74) is 1.80. The number of rotatable bonds is 5. The Morgan fingerprint density at radius 1 is 1.40 bits per heavy atom. The van der Waals surface area contributed by atoms with E-state index < -0.39 is 0 Å². The number of nitrogens with zero attached hydrogens (tertiary/aromatic N) is 6. The summed E-state index contributed by atoms with van der Waals surface area (Å²) < 4.78 is 1.60. The van der Waals surface area contributed by atoms with E-state index in [0.29, 0.717) is 18.9 Å². The van der Waals surface area contributed by atoms with Crippen molar-refractivity contribution in [2.45, 2.75) is 0 Å². The second-order valence-corrected chi connectivity index (χ2v) is 5.92. The van der Waals surface area contributed by atoms with Crippen LogP contribution in [-0.2, 0) is 0 Å². The van der Waals surface area contributed by atoms with Gasteiger partial charge in [-0.1, -0.05) is 0 Å². The van der Waals surface area contributed by atoms with Gasteiger partial charge in [0, 0.05) is 31.7 Å². The zero-order chi connectivity index (χ0) is 17.6. The lowest BCUT2D eigenvalue weighted by atomic mass is 10.2. The lowest BCUT2D eigenvalue weighted by molar-refractivity contribution is 0.241. The molecule has 2 aromatic rings. The second-order valence-electron chi connectivity index (χ2n) is 5.92. The highest BCUT2D eigenvalue weighted by Crippen LogP contribution is 2.17. The van der Waals surface area contributed by atoms with Gasteiger partial charge in [-0.3, -0.25) is 9.55 Å². The molecule has 130 valence electrons. The smallest absolute Gasteiger partial charge is 0.326 e. The molecular formula is C17H21N7O. The number of hydrogen-bond acceptors (Lipinski definition) is 6. The van der Waals surface area contributed by atoms with Gasteiger partial charge in [0.05, 0.1) is 24.7 Å². The van der Waals surface area contributed by atoms with Crippen LogP contribution in [0.15, 0.2) is 47.6 Å². The first kappa shape index (κ1) is 16.8. The summed E-state index contributed by atoms with van der Waals surface area (Å²) in [6, 6.07) is 3.61. The number of nitrogens with one attached hydrogen (secondary N) is 1. The fourth-order valence-electron chi connectivity index (χ4n) is 2.40. The highest BCUT2D eigenvalue weighted by Gasteiger charge is 2.15. The number of anilines is 1. The van der Waals surface area contributed by atoms with E-state index in [1.54, 1.807) is 40.6 Å². The Balaban J connectivity index is 1.66. The molecule has 3 rings (SSSR count). The molecule has 2 aromatic heterocycles. The summed E-state index contributed by atoms with van der Waals surface area (Å²) in [5, 5.41) is 9.01. The van der Waals surface area contributed by atoms with Crippen LogP contribution in [0, 0.1) is 0 Å². The molecule has 3 heterocycles. The van der Waals surface area contributed by atoms with Crippen molar-refractivity contribution in [3.8, 4) is 0 Å². The highest BCUT2D eigenvalue weighted by molar-refractivity contribution is 5.91. The average Bonchev–Trinajstić information content (AvgIpc) is 3.25. The van der Waals surface area contributed by atoms with E-state index in [1.165, 1.54) is 0 Å². The summed E-state index contributed by atoms with van der Waals surface area (Å²) in [6.07, 6.45) is 10.4. The van der Waals surface area contributed by atoms with Crippen LogP contribution < -0.4 is 10.3 Å². The Morgan fingerprint density at radius 3 is 3.04 bits per heavy atom. The summed E-state index contributed by atoms with van der Waals surface area (Å²) in [7, 11) is 3.94. The minimum absolute atomic E-state index is 0.139. The largest absolute Gasteiger partial charge is 0.336 e. The van der Waals surface area contributed by atoms with Gasteiger partial charge in [0.15, 0.2) is 5.82 Å². The molecular weight excluding hydrogens is 318 g/mol. The van der Waals surface area contributed by atoms with E-state index in [0.717, 1.165) is 17.8 Å². The normalized spacial score (nSPS) is 15.3. The van der Waals surface area contributed by atoms with Gasteiger partial charge < -0.3 is 10.2 Å². The van der Waals surface area contributed by atoms with Crippen molar-refractivity contribution >= 4 is 24.1 Å². The molecule has 0 atom stereocenters. The van der Waals surface area contributed by atoms with Crippen LogP contribution >= 0.6 is 0 Å². The van der Waals surface area contributed by atoms with Crippen LogP contribution in [0.2, 0.25) is 0 Å². The number of hydrogen-bond donors (Lipinski definition) is 1. The fraction of sp³-hybridized carbons (Fsp3) is 0.294. The topological polar surface area (TPSA) is 78.7 Å². The number of carbonyl (C=O) groups is 1. The van der Waals surface area contributed by atoms with Crippen LogP contribution in [0.5, 0.6) is 0 Å². The van der Waals surface area contributed by atoms with Gasteiger partial charge in [0.2, 0.25) is 0 Å². The predicted molar refractivity (Wildman–Crippen MR) is 97.6 cm³/mol. The number of hydrazone groups is 1. The predicted octanol–water partition coefficient (Wildman–Crippen LogP) is 1.29. The molecule has 0 aromatic carbocycles. The van der Waals surface area contributed by atoms with Crippen LogP contribution in [0.25, 0.3) is 6.08 Å². The van der Waals surface area contributed by atoms with Crippen LogP contribution in [-0.4, -0.2) is 65.4 Å². The third-order valence-corrected chi connectivity index (χ3v) is 3.68. The first-order valence-electron chi connectivity index (χ1n) is 8.02. The minimum atomic E-state index is -0.139. The van der Waals surface area contributed by atoms with Crippen LogP contribution in [0.3, 0.4) is 0 Å². The first-order valence-corrected chi connectivity index (χ1v) is 8.02. The number of amides is 1.